The van der Waals surface area contributed by atoms with Crippen molar-refractivity contribution in [3.05, 3.63) is 17.5 Å². The van der Waals surface area contributed by atoms with E-state index in [0.717, 1.165) is 11.4 Å². The molecule has 2 aliphatic carbocycles. The van der Waals surface area contributed by atoms with Gasteiger partial charge in [0.1, 0.15) is 6.54 Å². The second kappa shape index (κ2) is 3.08. The Balaban J connectivity index is 1.90. The van der Waals surface area contributed by atoms with E-state index in [1.807, 2.05) is 0 Å². The van der Waals surface area contributed by atoms with Crippen LogP contribution in [-0.4, -0.2) is 20.9 Å². The maximum Gasteiger partial charge on any atom is 0.325 e. The average molecular weight is 206 g/mol. The van der Waals surface area contributed by atoms with E-state index in [0.29, 0.717) is 11.8 Å². The molecule has 0 bridgehead atoms. The van der Waals surface area contributed by atoms with E-state index in [4.69, 9.17) is 5.11 Å². The Hall–Kier alpha value is -1.32. The molecule has 0 atom stereocenters. The lowest BCUT2D eigenvalue weighted by Gasteiger charge is -2.01. The molecule has 1 heterocycles. The molecule has 15 heavy (non-hydrogen) atoms. The Morgan fingerprint density at radius 1 is 1.40 bits per heavy atom. The van der Waals surface area contributed by atoms with E-state index >= 15 is 0 Å². The molecule has 2 fully saturated rings. The van der Waals surface area contributed by atoms with Crippen LogP contribution in [0, 0.1) is 0 Å². The summed E-state index contributed by atoms with van der Waals surface area (Å²) in [6.45, 7) is 0.0125. The van der Waals surface area contributed by atoms with Gasteiger partial charge in [-0.05, 0) is 31.7 Å². The number of carbonyl (C=O) groups is 1. The maximum absolute atomic E-state index is 10.7. The number of hydrogen-bond donors (Lipinski definition) is 1. The zero-order chi connectivity index (χ0) is 10.4. The lowest BCUT2D eigenvalue weighted by molar-refractivity contribution is -0.137. The first-order valence-corrected chi connectivity index (χ1v) is 5.53. The highest BCUT2D eigenvalue weighted by Gasteiger charge is 2.32. The molecule has 2 aliphatic rings. The van der Waals surface area contributed by atoms with Crippen LogP contribution in [0.3, 0.4) is 0 Å². The van der Waals surface area contributed by atoms with Gasteiger partial charge in [0.25, 0.3) is 0 Å². The predicted octanol–water partition coefficient (Wildman–Crippen LogP) is 1.72. The second-order valence-electron chi connectivity index (χ2n) is 4.59. The molecular formula is C11H14N2O2. The van der Waals surface area contributed by atoms with E-state index in [1.165, 1.54) is 25.7 Å². The lowest BCUT2D eigenvalue weighted by Crippen LogP contribution is -2.12. The summed E-state index contributed by atoms with van der Waals surface area (Å²) in [6.07, 6.45) is 4.81. The monoisotopic (exact) mass is 206 g/mol. The zero-order valence-corrected chi connectivity index (χ0v) is 8.52. The smallest absolute Gasteiger partial charge is 0.325 e. The molecule has 0 radical (unpaired) electrons. The average Bonchev–Trinajstić information content (AvgIpc) is 3.06. The summed E-state index contributed by atoms with van der Waals surface area (Å²) in [6, 6.07) is 2.12. The number of nitrogens with zero attached hydrogens (tertiary/aromatic N) is 2. The molecule has 2 saturated carbocycles. The highest BCUT2D eigenvalue weighted by Crippen LogP contribution is 2.44. The summed E-state index contributed by atoms with van der Waals surface area (Å²) < 4.78 is 1.69. The fraction of sp³-hybridized carbons (Fsp3) is 0.636. The van der Waals surface area contributed by atoms with Crippen molar-refractivity contribution in [3.63, 3.8) is 0 Å². The molecule has 0 aliphatic heterocycles. The third kappa shape index (κ3) is 1.76. The highest BCUT2D eigenvalue weighted by molar-refractivity contribution is 5.66. The molecule has 4 heteroatoms. The zero-order valence-electron chi connectivity index (χ0n) is 8.52. The van der Waals surface area contributed by atoms with Crippen molar-refractivity contribution in [1.29, 1.82) is 0 Å². The standard InChI is InChI=1S/C11H14N2O2/c14-11(15)6-13-10(8-3-4-8)5-9(12-13)7-1-2-7/h5,7-8H,1-4,6H2,(H,14,15). The molecule has 4 nitrogen and oxygen atoms in total. The first-order chi connectivity index (χ1) is 7.24. The summed E-state index contributed by atoms with van der Waals surface area (Å²) in [5.41, 5.74) is 2.25. The lowest BCUT2D eigenvalue weighted by atomic mass is 10.2. The fourth-order valence-corrected chi connectivity index (χ4v) is 1.99. The summed E-state index contributed by atoms with van der Waals surface area (Å²) in [4.78, 5) is 10.7. The van der Waals surface area contributed by atoms with Crippen LogP contribution in [0.2, 0.25) is 0 Å². The molecule has 0 unspecified atom stereocenters. The minimum Gasteiger partial charge on any atom is -0.480 e. The Bertz CT molecular complexity index is 403. The van der Waals surface area contributed by atoms with Crippen LogP contribution >= 0.6 is 0 Å². The third-order valence-corrected chi connectivity index (χ3v) is 3.11. The van der Waals surface area contributed by atoms with Gasteiger partial charge in [0.2, 0.25) is 0 Å². The minimum absolute atomic E-state index is 0.0125. The molecular weight excluding hydrogens is 192 g/mol. The quantitative estimate of drug-likeness (QED) is 0.816. The first kappa shape index (κ1) is 8.95. The van der Waals surface area contributed by atoms with Crippen molar-refractivity contribution >= 4 is 5.97 Å². The van der Waals surface area contributed by atoms with Gasteiger partial charge in [0, 0.05) is 17.5 Å². The van der Waals surface area contributed by atoms with Gasteiger partial charge < -0.3 is 5.11 Å². The van der Waals surface area contributed by atoms with Crippen molar-refractivity contribution in [3.8, 4) is 0 Å². The number of carboxylic acid groups (broad SMARTS) is 1. The number of hydrogen-bond acceptors (Lipinski definition) is 2. The van der Waals surface area contributed by atoms with Crippen LogP contribution < -0.4 is 0 Å². The van der Waals surface area contributed by atoms with E-state index in [2.05, 4.69) is 11.2 Å². The number of aliphatic carboxylic acids is 1. The van der Waals surface area contributed by atoms with Crippen LogP contribution in [-0.2, 0) is 11.3 Å². The minimum atomic E-state index is -0.803. The van der Waals surface area contributed by atoms with Gasteiger partial charge >= 0.3 is 5.97 Å². The second-order valence-corrected chi connectivity index (χ2v) is 4.59. The van der Waals surface area contributed by atoms with Crippen LogP contribution in [0.15, 0.2) is 6.07 Å². The van der Waals surface area contributed by atoms with Gasteiger partial charge in [0.05, 0.1) is 5.69 Å². The van der Waals surface area contributed by atoms with Gasteiger partial charge in [-0.2, -0.15) is 5.10 Å². The maximum atomic E-state index is 10.7. The van der Waals surface area contributed by atoms with Crippen LogP contribution in [0.1, 0.15) is 48.9 Å². The molecule has 0 spiro atoms. The van der Waals surface area contributed by atoms with E-state index < -0.39 is 5.97 Å². The molecule has 0 aromatic carbocycles. The van der Waals surface area contributed by atoms with E-state index in [-0.39, 0.29) is 6.54 Å². The highest BCUT2D eigenvalue weighted by atomic mass is 16.4. The van der Waals surface area contributed by atoms with E-state index in [9.17, 15) is 4.79 Å². The predicted molar refractivity (Wildman–Crippen MR) is 53.8 cm³/mol. The SMILES string of the molecule is O=C(O)Cn1nc(C2CC2)cc1C1CC1. The van der Waals surface area contributed by atoms with Gasteiger partial charge in [0.15, 0.2) is 0 Å². The molecule has 0 saturated heterocycles. The Morgan fingerprint density at radius 3 is 2.60 bits per heavy atom. The summed E-state index contributed by atoms with van der Waals surface area (Å²) in [5, 5.41) is 13.2. The van der Waals surface area contributed by atoms with Gasteiger partial charge in [-0.25, -0.2) is 0 Å². The topological polar surface area (TPSA) is 55.1 Å². The van der Waals surface area contributed by atoms with E-state index in [1.54, 1.807) is 4.68 Å². The third-order valence-electron chi connectivity index (χ3n) is 3.11. The normalized spacial score (nSPS) is 20.5. The van der Waals surface area contributed by atoms with Crippen LogP contribution in [0.5, 0.6) is 0 Å². The Morgan fingerprint density at radius 2 is 2.07 bits per heavy atom. The van der Waals surface area contributed by atoms with Crippen molar-refractivity contribution in [2.75, 3.05) is 0 Å². The molecule has 1 N–H and O–H groups in total. The fourth-order valence-electron chi connectivity index (χ4n) is 1.99. The first-order valence-electron chi connectivity index (χ1n) is 5.53. The van der Waals surface area contributed by atoms with Gasteiger partial charge in [-0.15, -0.1) is 0 Å². The Kier molecular flexibility index (Phi) is 1.84. The van der Waals surface area contributed by atoms with Crippen molar-refractivity contribution in [2.24, 2.45) is 0 Å². The molecule has 1 aromatic heterocycles. The molecule has 3 rings (SSSR count). The number of carboxylic acids is 1. The van der Waals surface area contributed by atoms with Crippen LogP contribution in [0.4, 0.5) is 0 Å². The van der Waals surface area contributed by atoms with Crippen molar-refractivity contribution in [1.82, 2.24) is 9.78 Å². The summed E-state index contributed by atoms with van der Waals surface area (Å²) in [7, 11) is 0. The van der Waals surface area contributed by atoms with Crippen molar-refractivity contribution in [2.45, 2.75) is 44.1 Å². The largest absolute Gasteiger partial charge is 0.480 e. The number of aromatic nitrogens is 2. The summed E-state index contributed by atoms with van der Waals surface area (Å²) >= 11 is 0. The van der Waals surface area contributed by atoms with Gasteiger partial charge in [-0.3, -0.25) is 9.48 Å². The van der Waals surface area contributed by atoms with Crippen molar-refractivity contribution < 1.29 is 9.90 Å². The molecule has 1 aromatic rings. The molecule has 80 valence electrons. The van der Waals surface area contributed by atoms with Crippen LogP contribution in [0.25, 0.3) is 0 Å². The Labute approximate surface area is 87.9 Å². The van der Waals surface area contributed by atoms with Gasteiger partial charge in [-0.1, -0.05) is 0 Å². The number of rotatable bonds is 4. The molecule has 0 amide bonds. The summed E-state index contributed by atoms with van der Waals surface area (Å²) in [5.74, 6) is 0.379.